The molecule has 0 bridgehead atoms. The average Bonchev–Trinajstić information content (AvgIpc) is 3.08. The molecule has 1 atom stereocenters. The Kier molecular flexibility index (Phi) is 4.15. The summed E-state index contributed by atoms with van der Waals surface area (Å²) in [6, 6.07) is 3.69. The van der Waals surface area contributed by atoms with E-state index in [4.69, 9.17) is 18.9 Å². The van der Waals surface area contributed by atoms with Gasteiger partial charge in [-0.3, -0.25) is 0 Å². The van der Waals surface area contributed by atoms with Crippen LogP contribution >= 0.6 is 0 Å². The highest BCUT2D eigenvalue weighted by atomic mass is 16.7. The lowest BCUT2D eigenvalue weighted by atomic mass is 10.1. The van der Waals surface area contributed by atoms with Crippen LogP contribution in [0.3, 0.4) is 0 Å². The van der Waals surface area contributed by atoms with Crippen LogP contribution in [0.25, 0.3) is 0 Å². The van der Waals surface area contributed by atoms with Gasteiger partial charge in [0.2, 0.25) is 6.79 Å². The predicted octanol–water partition coefficient (Wildman–Crippen LogP) is 1.61. The van der Waals surface area contributed by atoms with Crippen molar-refractivity contribution < 1.29 is 23.7 Å². The van der Waals surface area contributed by atoms with Crippen LogP contribution in [0.15, 0.2) is 12.1 Å². The van der Waals surface area contributed by atoms with Crippen LogP contribution in [0, 0.1) is 0 Å². The van der Waals surface area contributed by atoms with Crippen molar-refractivity contribution in [2.24, 2.45) is 0 Å². The molecule has 0 aliphatic carbocycles. The topological polar surface area (TPSA) is 66.0 Å². The molecular formula is C15H19NO5. The van der Waals surface area contributed by atoms with Crippen molar-refractivity contribution >= 4 is 5.97 Å². The Labute approximate surface area is 123 Å². The average molecular weight is 293 g/mol. The van der Waals surface area contributed by atoms with E-state index < -0.39 is 6.10 Å². The molecule has 1 saturated heterocycles. The normalized spacial score (nSPS) is 19.7. The van der Waals surface area contributed by atoms with Crippen LogP contribution in [0.4, 0.5) is 0 Å². The van der Waals surface area contributed by atoms with Gasteiger partial charge >= 0.3 is 5.97 Å². The number of nitrogens with one attached hydrogen (secondary N) is 1. The summed E-state index contributed by atoms with van der Waals surface area (Å²) in [6.07, 6.45) is 1.10. The van der Waals surface area contributed by atoms with E-state index in [0.29, 0.717) is 36.8 Å². The van der Waals surface area contributed by atoms with Gasteiger partial charge in [-0.05, 0) is 19.0 Å². The Morgan fingerprint density at radius 1 is 1.29 bits per heavy atom. The molecule has 6 nitrogen and oxygen atoms in total. The Balaban J connectivity index is 1.80. The molecule has 1 N–H and O–H groups in total. The lowest BCUT2D eigenvalue weighted by Crippen LogP contribution is -2.23. The second-order valence-electron chi connectivity index (χ2n) is 5.05. The minimum atomic E-state index is -0.532. The van der Waals surface area contributed by atoms with Crippen molar-refractivity contribution in [3.05, 3.63) is 17.7 Å². The van der Waals surface area contributed by atoms with E-state index in [1.807, 2.05) is 6.07 Å². The number of rotatable bonds is 6. The smallest absolute Gasteiger partial charge is 0.347 e. The molecule has 0 spiro atoms. The number of hydrogen-bond donors (Lipinski definition) is 1. The standard InChI is InChI=1S/C15H19NO5/c1-2-4-16-8-10-6-13-14(20-9-19-13)7-12(10)21-11-3-5-18-15(11)17/h6-7,11,16H,2-5,8-9H2,1H3. The van der Waals surface area contributed by atoms with Crippen LogP contribution in [-0.2, 0) is 16.1 Å². The number of cyclic esters (lactones) is 1. The minimum Gasteiger partial charge on any atom is -0.478 e. The molecule has 0 saturated carbocycles. The highest BCUT2D eigenvalue weighted by molar-refractivity contribution is 5.77. The van der Waals surface area contributed by atoms with Gasteiger partial charge in [0.1, 0.15) is 5.75 Å². The third-order valence-electron chi connectivity index (χ3n) is 3.45. The van der Waals surface area contributed by atoms with Crippen LogP contribution in [-0.4, -0.2) is 32.0 Å². The lowest BCUT2D eigenvalue weighted by Gasteiger charge is -2.15. The molecule has 0 amide bonds. The monoisotopic (exact) mass is 293 g/mol. The van der Waals surface area contributed by atoms with Gasteiger partial charge in [0.15, 0.2) is 17.6 Å². The highest BCUT2D eigenvalue weighted by Gasteiger charge is 2.30. The number of fused-ring (bicyclic) bond motifs is 1. The molecule has 1 aromatic rings. The summed E-state index contributed by atoms with van der Waals surface area (Å²) in [7, 11) is 0. The van der Waals surface area contributed by atoms with Gasteiger partial charge in [0.05, 0.1) is 6.61 Å². The fraction of sp³-hybridized carbons (Fsp3) is 0.533. The molecule has 1 fully saturated rings. The van der Waals surface area contributed by atoms with E-state index in [2.05, 4.69) is 12.2 Å². The van der Waals surface area contributed by atoms with Gasteiger partial charge in [-0.15, -0.1) is 0 Å². The lowest BCUT2D eigenvalue weighted by molar-refractivity contribution is -0.143. The van der Waals surface area contributed by atoms with Gasteiger partial charge < -0.3 is 24.3 Å². The summed E-state index contributed by atoms with van der Waals surface area (Å²) in [4.78, 5) is 11.6. The number of esters is 1. The molecule has 2 aliphatic rings. The van der Waals surface area contributed by atoms with Gasteiger partial charge in [0.25, 0.3) is 0 Å². The molecule has 6 heteroatoms. The molecule has 3 rings (SSSR count). The molecule has 2 aliphatic heterocycles. The van der Waals surface area contributed by atoms with Crippen molar-refractivity contribution in [3.8, 4) is 17.2 Å². The minimum absolute atomic E-state index is 0.214. The number of benzene rings is 1. The van der Waals surface area contributed by atoms with Crippen LogP contribution in [0.5, 0.6) is 17.2 Å². The molecule has 0 radical (unpaired) electrons. The van der Waals surface area contributed by atoms with Gasteiger partial charge in [-0.2, -0.15) is 0 Å². The van der Waals surface area contributed by atoms with Crippen LogP contribution < -0.4 is 19.5 Å². The fourth-order valence-electron chi connectivity index (χ4n) is 2.35. The van der Waals surface area contributed by atoms with Crippen molar-refractivity contribution in [1.82, 2.24) is 5.32 Å². The molecule has 2 heterocycles. The summed E-state index contributed by atoms with van der Waals surface area (Å²) in [5.74, 6) is 1.70. The second kappa shape index (κ2) is 6.22. The van der Waals surface area contributed by atoms with E-state index in [-0.39, 0.29) is 12.8 Å². The van der Waals surface area contributed by atoms with E-state index in [1.54, 1.807) is 6.07 Å². The molecule has 1 aromatic carbocycles. The highest BCUT2D eigenvalue weighted by Crippen LogP contribution is 2.38. The quantitative estimate of drug-likeness (QED) is 0.635. The van der Waals surface area contributed by atoms with Crippen molar-refractivity contribution in [1.29, 1.82) is 0 Å². The summed E-state index contributed by atoms with van der Waals surface area (Å²) >= 11 is 0. The number of ether oxygens (including phenoxy) is 4. The summed E-state index contributed by atoms with van der Waals surface area (Å²) < 4.78 is 21.5. The maximum Gasteiger partial charge on any atom is 0.347 e. The fourth-order valence-corrected chi connectivity index (χ4v) is 2.35. The first-order valence-electron chi connectivity index (χ1n) is 7.24. The van der Waals surface area contributed by atoms with Gasteiger partial charge in [-0.1, -0.05) is 6.92 Å². The van der Waals surface area contributed by atoms with Crippen molar-refractivity contribution in [3.63, 3.8) is 0 Å². The zero-order chi connectivity index (χ0) is 14.7. The Hall–Kier alpha value is -1.95. The predicted molar refractivity (Wildman–Crippen MR) is 74.6 cm³/mol. The van der Waals surface area contributed by atoms with E-state index in [1.165, 1.54) is 0 Å². The van der Waals surface area contributed by atoms with Crippen molar-refractivity contribution in [2.75, 3.05) is 19.9 Å². The summed E-state index contributed by atoms with van der Waals surface area (Å²) in [5.41, 5.74) is 0.951. The van der Waals surface area contributed by atoms with E-state index in [0.717, 1.165) is 18.5 Å². The number of hydrogen-bond acceptors (Lipinski definition) is 6. The summed E-state index contributed by atoms with van der Waals surface area (Å²) in [5, 5.41) is 3.33. The van der Waals surface area contributed by atoms with E-state index >= 15 is 0 Å². The molecular weight excluding hydrogens is 274 g/mol. The first-order valence-corrected chi connectivity index (χ1v) is 7.24. The van der Waals surface area contributed by atoms with Gasteiger partial charge in [-0.25, -0.2) is 4.79 Å². The van der Waals surface area contributed by atoms with Gasteiger partial charge in [0, 0.05) is 24.6 Å². The van der Waals surface area contributed by atoms with Crippen LogP contribution in [0.2, 0.25) is 0 Å². The second-order valence-corrected chi connectivity index (χ2v) is 5.05. The van der Waals surface area contributed by atoms with Crippen molar-refractivity contribution in [2.45, 2.75) is 32.4 Å². The zero-order valence-corrected chi connectivity index (χ0v) is 12.0. The van der Waals surface area contributed by atoms with E-state index in [9.17, 15) is 4.79 Å². The maximum absolute atomic E-state index is 11.6. The first-order chi connectivity index (χ1) is 10.3. The maximum atomic E-state index is 11.6. The molecule has 21 heavy (non-hydrogen) atoms. The number of carbonyl (C=O) groups excluding carboxylic acids is 1. The Morgan fingerprint density at radius 2 is 2.10 bits per heavy atom. The molecule has 1 unspecified atom stereocenters. The third-order valence-corrected chi connectivity index (χ3v) is 3.45. The third kappa shape index (κ3) is 3.05. The Bertz CT molecular complexity index is 531. The first kappa shape index (κ1) is 14.0. The largest absolute Gasteiger partial charge is 0.478 e. The SMILES string of the molecule is CCCNCc1cc2c(cc1OC1CCOC1=O)OCO2. The molecule has 0 aromatic heterocycles. The zero-order valence-electron chi connectivity index (χ0n) is 12.0. The summed E-state index contributed by atoms with van der Waals surface area (Å²) in [6.45, 7) is 4.31. The Morgan fingerprint density at radius 3 is 2.81 bits per heavy atom. The molecule has 114 valence electrons. The number of carbonyl (C=O) groups is 1. The van der Waals surface area contributed by atoms with Crippen LogP contribution in [0.1, 0.15) is 25.3 Å².